The fraction of sp³-hybridized carbons (Fsp3) is 0.100. The second kappa shape index (κ2) is 4.15. The number of rotatable bonds is 1. The fourth-order valence-corrected chi connectivity index (χ4v) is 1.44. The van der Waals surface area contributed by atoms with Crippen molar-refractivity contribution >= 4 is 34.7 Å². The molecular formula is C10H12ClN3. The first-order valence-electron chi connectivity index (χ1n) is 4.14. The monoisotopic (exact) mass is 209 g/mol. The number of para-hydroxylation sites is 1. The van der Waals surface area contributed by atoms with E-state index in [0.717, 1.165) is 16.6 Å². The van der Waals surface area contributed by atoms with E-state index < -0.39 is 0 Å². The van der Waals surface area contributed by atoms with E-state index in [-0.39, 0.29) is 12.4 Å². The molecule has 2 rings (SSSR count). The number of nitrogens with two attached hydrogens (primary N) is 1. The van der Waals surface area contributed by atoms with Gasteiger partial charge in [-0.05, 0) is 6.07 Å². The van der Waals surface area contributed by atoms with E-state index >= 15 is 0 Å². The predicted octanol–water partition coefficient (Wildman–Crippen LogP) is 2.28. The Morgan fingerprint density at radius 2 is 2.00 bits per heavy atom. The number of nitrogens with zero attached hydrogens (tertiary/aromatic N) is 1. The highest BCUT2D eigenvalue weighted by molar-refractivity contribution is 5.96. The summed E-state index contributed by atoms with van der Waals surface area (Å²) < 4.78 is 0. The molecule has 4 heteroatoms. The van der Waals surface area contributed by atoms with Gasteiger partial charge >= 0.3 is 0 Å². The van der Waals surface area contributed by atoms with Gasteiger partial charge in [0, 0.05) is 12.4 Å². The molecule has 3 nitrogen and oxygen atoms in total. The number of nitrogens with one attached hydrogen (secondary N) is 1. The lowest BCUT2D eigenvalue weighted by Crippen LogP contribution is -1.97. The normalized spacial score (nSPS) is 9.50. The standard InChI is InChI=1S/C10H11N3.ClH/c1-12-10-7-4-2-3-5-9(7)13-6-8(10)11;/h2-6H,11H2,1H3,(H,12,13);1H. The van der Waals surface area contributed by atoms with Crippen molar-refractivity contribution in [1.82, 2.24) is 4.98 Å². The Bertz CT molecular complexity index is 442. The summed E-state index contributed by atoms with van der Waals surface area (Å²) in [6.07, 6.45) is 1.67. The lowest BCUT2D eigenvalue weighted by molar-refractivity contribution is 1.40. The Morgan fingerprint density at radius 3 is 2.71 bits per heavy atom. The van der Waals surface area contributed by atoms with Crippen molar-refractivity contribution in [3.63, 3.8) is 0 Å². The van der Waals surface area contributed by atoms with Gasteiger partial charge in [-0.15, -0.1) is 12.4 Å². The summed E-state index contributed by atoms with van der Waals surface area (Å²) in [5, 5.41) is 4.13. The third-order valence-electron chi connectivity index (χ3n) is 2.05. The van der Waals surface area contributed by atoms with Crippen LogP contribution in [0.4, 0.5) is 11.4 Å². The summed E-state index contributed by atoms with van der Waals surface area (Å²) >= 11 is 0. The van der Waals surface area contributed by atoms with Crippen molar-refractivity contribution in [2.45, 2.75) is 0 Å². The Kier molecular flexibility index (Phi) is 3.14. The number of hydrogen-bond acceptors (Lipinski definition) is 3. The summed E-state index contributed by atoms with van der Waals surface area (Å²) in [5.41, 5.74) is 8.36. The molecule has 0 aliphatic carbocycles. The molecule has 0 saturated carbocycles. The minimum atomic E-state index is 0. The zero-order valence-electron chi connectivity index (χ0n) is 7.82. The van der Waals surface area contributed by atoms with E-state index in [9.17, 15) is 0 Å². The van der Waals surface area contributed by atoms with Crippen molar-refractivity contribution < 1.29 is 0 Å². The van der Waals surface area contributed by atoms with Gasteiger partial charge in [0.05, 0.1) is 23.1 Å². The van der Waals surface area contributed by atoms with Crippen LogP contribution in [0.2, 0.25) is 0 Å². The van der Waals surface area contributed by atoms with Crippen LogP contribution in [0.15, 0.2) is 30.5 Å². The maximum atomic E-state index is 5.77. The molecule has 0 bridgehead atoms. The number of aromatic nitrogens is 1. The van der Waals surface area contributed by atoms with E-state index in [2.05, 4.69) is 10.3 Å². The first-order chi connectivity index (χ1) is 6.33. The van der Waals surface area contributed by atoms with Crippen molar-refractivity contribution in [1.29, 1.82) is 0 Å². The molecule has 0 atom stereocenters. The summed E-state index contributed by atoms with van der Waals surface area (Å²) in [6, 6.07) is 7.91. The Morgan fingerprint density at radius 1 is 1.29 bits per heavy atom. The molecule has 0 unspecified atom stereocenters. The molecule has 0 radical (unpaired) electrons. The molecular weight excluding hydrogens is 198 g/mol. The minimum Gasteiger partial charge on any atom is -0.396 e. The average Bonchev–Trinajstić information content (AvgIpc) is 2.18. The van der Waals surface area contributed by atoms with Gasteiger partial charge in [0.2, 0.25) is 0 Å². The molecule has 0 saturated heterocycles. The Labute approximate surface area is 88.7 Å². The molecule has 1 aromatic heterocycles. The van der Waals surface area contributed by atoms with Gasteiger partial charge in [-0.1, -0.05) is 18.2 Å². The van der Waals surface area contributed by atoms with Crippen LogP contribution in [0.3, 0.4) is 0 Å². The number of halogens is 1. The second-order valence-electron chi connectivity index (χ2n) is 2.86. The van der Waals surface area contributed by atoms with E-state index in [1.807, 2.05) is 31.3 Å². The van der Waals surface area contributed by atoms with Crippen LogP contribution in [0, 0.1) is 0 Å². The Hall–Kier alpha value is -1.48. The van der Waals surface area contributed by atoms with Crippen LogP contribution in [-0.4, -0.2) is 12.0 Å². The lowest BCUT2D eigenvalue weighted by atomic mass is 10.1. The third kappa shape index (κ3) is 1.59. The highest BCUT2D eigenvalue weighted by atomic mass is 35.5. The van der Waals surface area contributed by atoms with Crippen LogP contribution < -0.4 is 11.1 Å². The lowest BCUT2D eigenvalue weighted by Gasteiger charge is -2.07. The quantitative estimate of drug-likeness (QED) is 0.758. The summed E-state index contributed by atoms with van der Waals surface area (Å²) in [6.45, 7) is 0. The molecule has 0 aliphatic rings. The van der Waals surface area contributed by atoms with Crippen LogP contribution in [0.1, 0.15) is 0 Å². The molecule has 1 heterocycles. The maximum Gasteiger partial charge on any atom is 0.0742 e. The highest BCUT2D eigenvalue weighted by Crippen LogP contribution is 2.26. The van der Waals surface area contributed by atoms with Gasteiger partial charge in [0.1, 0.15) is 0 Å². The van der Waals surface area contributed by atoms with Crippen LogP contribution in [-0.2, 0) is 0 Å². The van der Waals surface area contributed by atoms with Crippen molar-refractivity contribution in [3.8, 4) is 0 Å². The molecule has 1 aromatic carbocycles. The second-order valence-corrected chi connectivity index (χ2v) is 2.86. The molecule has 74 valence electrons. The first-order valence-corrected chi connectivity index (χ1v) is 4.14. The van der Waals surface area contributed by atoms with Gasteiger partial charge < -0.3 is 11.1 Å². The van der Waals surface area contributed by atoms with E-state index in [4.69, 9.17) is 5.73 Å². The largest absolute Gasteiger partial charge is 0.396 e. The molecule has 14 heavy (non-hydrogen) atoms. The van der Waals surface area contributed by atoms with E-state index in [1.165, 1.54) is 0 Å². The van der Waals surface area contributed by atoms with Gasteiger partial charge in [-0.2, -0.15) is 0 Å². The molecule has 0 aliphatic heterocycles. The number of fused-ring (bicyclic) bond motifs is 1. The summed E-state index contributed by atoms with van der Waals surface area (Å²) in [7, 11) is 1.86. The average molecular weight is 210 g/mol. The van der Waals surface area contributed by atoms with E-state index in [0.29, 0.717) is 5.69 Å². The predicted molar refractivity (Wildman–Crippen MR) is 63.0 cm³/mol. The van der Waals surface area contributed by atoms with E-state index in [1.54, 1.807) is 6.20 Å². The first kappa shape index (κ1) is 10.6. The fourth-order valence-electron chi connectivity index (χ4n) is 1.44. The number of pyridine rings is 1. The molecule has 0 fully saturated rings. The summed E-state index contributed by atoms with van der Waals surface area (Å²) in [5.74, 6) is 0. The minimum absolute atomic E-state index is 0. The third-order valence-corrected chi connectivity index (χ3v) is 2.05. The number of nitrogen functional groups attached to an aromatic ring is 1. The number of hydrogen-bond donors (Lipinski definition) is 2. The molecule has 3 N–H and O–H groups in total. The van der Waals surface area contributed by atoms with Gasteiger partial charge in [0.25, 0.3) is 0 Å². The molecule has 2 aromatic rings. The van der Waals surface area contributed by atoms with Gasteiger partial charge in [0.15, 0.2) is 0 Å². The zero-order chi connectivity index (χ0) is 9.26. The van der Waals surface area contributed by atoms with Crippen LogP contribution in [0.25, 0.3) is 10.9 Å². The van der Waals surface area contributed by atoms with Crippen LogP contribution >= 0.6 is 12.4 Å². The topological polar surface area (TPSA) is 50.9 Å². The van der Waals surface area contributed by atoms with Crippen molar-refractivity contribution in [3.05, 3.63) is 30.5 Å². The number of anilines is 2. The molecule has 0 amide bonds. The maximum absolute atomic E-state index is 5.77. The van der Waals surface area contributed by atoms with Gasteiger partial charge in [-0.3, -0.25) is 4.98 Å². The Balaban J connectivity index is 0.000000980. The van der Waals surface area contributed by atoms with Crippen LogP contribution in [0.5, 0.6) is 0 Å². The smallest absolute Gasteiger partial charge is 0.0742 e. The van der Waals surface area contributed by atoms with Crippen molar-refractivity contribution in [2.75, 3.05) is 18.1 Å². The zero-order valence-corrected chi connectivity index (χ0v) is 8.64. The summed E-state index contributed by atoms with van der Waals surface area (Å²) in [4.78, 5) is 4.22. The van der Waals surface area contributed by atoms with Gasteiger partial charge in [-0.25, -0.2) is 0 Å². The van der Waals surface area contributed by atoms with Crippen molar-refractivity contribution in [2.24, 2.45) is 0 Å². The number of benzene rings is 1. The SMILES string of the molecule is CNc1c(N)cnc2ccccc12.Cl. The highest BCUT2D eigenvalue weighted by Gasteiger charge is 2.02. The molecule has 0 spiro atoms.